The summed E-state index contributed by atoms with van der Waals surface area (Å²) in [5.74, 6) is 0.572. The van der Waals surface area contributed by atoms with Crippen LogP contribution in [0.4, 0.5) is 5.69 Å². The zero-order chi connectivity index (χ0) is 26.5. The van der Waals surface area contributed by atoms with Crippen LogP contribution in [0, 0.1) is 0 Å². The van der Waals surface area contributed by atoms with Gasteiger partial charge in [0.2, 0.25) is 5.88 Å². The maximum absolute atomic E-state index is 5.26. The molecule has 4 heterocycles. The van der Waals surface area contributed by atoms with Crippen molar-refractivity contribution in [2.24, 2.45) is 7.05 Å². The summed E-state index contributed by atoms with van der Waals surface area (Å²) >= 11 is 0. The van der Waals surface area contributed by atoms with E-state index in [9.17, 15) is 0 Å². The van der Waals surface area contributed by atoms with Crippen LogP contribution in [0.3, 0.4) is 0 Å². The minimum Gasteiger partial charge on any atom is -0.481 e. The van der Waals surface area contributed by atoms with Gasteiger partial charge in [0.15, 0.2) is 0 Å². The van der Waals surface area contributed by atoms with Crippen LogP contribution in [0.15, 0.2) is 97.8 Å². The number of nitrogens with zero attached hydrogens (tertiary/aromatic N) is 5. The minimum atomic E-state index is -0.172. The second kappa shape index (κ2) is 11.1. The number of aryl methyl sites for hydroxylation is 1. The molecule has 6 aromatic rings. The predicted molar refractivity (Wildman–Crippen MR) is 153 cm³/mol. The number of aromatic nitrogens is 5. The fourth-order valence-corrected chi connectivity index (χ4v) is 4.56. The molecule has 0 bridgehead atoms. The molecule has 1 atom stereocenters. The van der Waals surface area contributed by atoms with Gasteiger partial charge in [-0.2, -0.15) is 0 Å². The van der Waals surface area contributed by atoms with Crippen LogP contribution in [0.5, 0.6) is 5.88 Å². The first kappa shape index (κ1) is 24.9. The van der Waals surface area contributed by atoms with E-state index in [2.05, 4.69) is 79.5 Å². The Morgan fingerprint density at radius 3 is 2.45 bits per heavy atom. The lowest BCUT2D eigenvalue weighted by Gasteiger charge is -2.21. The topological polar surface area (TPSA) is 77.8 Å². The van der Waals surface area contributed by atoms with Crippen LogP contribution in [0.25, 0.3) is 33.1 Å². The summed E-state index contributed by atoms with van der Waals surface area (Å²) in [6.45, 7) is 4.00. The maximum atomic E-state index is 5.26. The molecular weight excluding hydrogens is 472 g/mol. The number of methoxy groups -OCH3 is 1. The van der Waals surface area contributed by atoms with Crippen molar-refractivity contribution in [3.63, 3.8) is 0 Å². The van der Waals surface area contributed by atoms with Crippen LogP contribution in [0.1, 0.15) is 31.0 Å². The summed E-state index contributed by atoms with van der Waals surface area (Å²) in [5.41, 5.74) is 7.90. The fourth-order valence-electron chi connectivity index (χ4n) is 4.56. The average Bonchev–Trinajstić information content (AvgIpc) is 3.36. The third-order valence-corrected chi connectivity index (χ3v) is 6.40. The Morgan fingerprint density at radius 2 is 1.68 bits per heavy atom. The molecule has 2 aromatic carbocycles. The first-order chi connectivity index (χ1) is 18.7. The Bertz CT molecular complexity index is 1660. The average molecular weight is 503 g/mol. The van der Waals surface area contributed by atoms with E-state index in [4.69, 9.17) is 4.74 Å². The maximum Gasteiger partial charge on any atom is 0.212 e. The molecule has 0 saturated heterocycles. The highest BCUT2D eigenvalue weighted by molar-refractivity contribution is 5.97. The first-order valence-electron chi connectivity index (χ1n) is 12.7. The number of pyridine rings is 2. The molecule has 0 aliphatic heterocycles. The van der Waals surface area contributed by atoms with E-state index in [1.54, 1.807) is 25.7 Å². The summed E-state index contributed by atoms with van der Waals surface area (Å²) in [7, 11) is 3.67. The summed E-state index contributed by atoms with van der Waals surface area (Å²) in [4.78, 5) is 18.1. The molecule has 0 aliphatic carbocycles. The molecule has 0 fully saturated rings. The number of nitrogens with one attached hydrogen (secondary N) is 1. The quantitative estimate of drug-likeness (QED) is 0.269. The zero-order valence-electron chi connectivity index (χ0n) is 22.0. The summed E-state index contributed by atoms with van der Waals surface area (Å²) < 4.78 is 7.39. The molecule has 7 nitrogen and oxygen atoms in total. The predicted octanol–water partition coefficient (Wildman–Crippen LogP) is 6.81. The third kappa shape index (κ3) is 4.91. The van der Waals surface area contributed by atoms with Gasteiger partial charge in [-0.15, -0.1) is 0 Å². The second-order valence-electron chi connectivity index (χ2n) is 8.65. The van der Waals surface area contributed by atoms with Crippen molar-refractivity contribution >= 4 is 27.6 Å². The van der Waals surface area contributed by atoms with E-state index in [-0.39, 0.29) is 6.04 Å². The van der Waals surface area contributed by atoms with Crippen LogP contribution in [0.2, 0.25) is 0 Å². The molecule has 0 aliphatic rings. The molecule has 4 aromatic heterocycles. The van der Waals surface area contributed by atoms with Gasteiger partial charge < -0.3 is 14.6 Å². The Morgan fingerprint density at radius 1 is 0.842 bits per heavy atom. The van der Waals surface area contributed by atoms with Crippen molar-refractivity contribution in [3.8, 4) is 17.0 Å². The number of anilines is 1. The zero-order valence-corrected chi connectivity index (χ0v) is 22.0. The summed E-state index contributed by atoms with van der Waals surface area (Å²) in [6, 6.07) is 20.5. The van der Waals surface area contributed by atoms with Crippen molar-refractivity contribution in [1.82, 2.24) is 24.5 Å². The second-order valence-corrected chi connectivity index (χ2v) is 8.65. The van der Waals surface area contributed by atoms with E-state index in [0.717, 1.165) is 39.0 Å². The van der Waals surface area contributed by atoms with E-state index in [1.807, 2.05) is 50.5 Å². The van der Waals surface area contributed by atoms with Gasteiger partial charge in [-0.3, -0.25) is 15.0 Å². The highest BCUT2D eigenvalue weighted by Gasteiger charge is 2.17. The number of benzene rings is 2. The number of hydrogen-bond acceptors (Lipinski definition) is 6. The molecular formula is C31H30N6O. The smallest absolute Gasteiger partial charge is 0.212 e. The standard InChI is InChI=1S/C29H24N6O.C2H6/c1-35-13-9-19-5-6-20(14-26(19)35)24-15-23(16-25-29(24)32-12-11-31-25)34-28(21-4-3-10-30-17-21)22-7-8-27(36-2)33-18-22;1-2/h3-18,28,34H,1-2H3;1-2H3. The molecule has 190 valence electrons. The van der Waals surface area contributed by atoms with Crippen LogP contribution in [-0.2, 0) is 7.05 Å². The molecule has 1 N–H and O–H groups in total. The highest BCUT2D eigenvalue weighted by atomic mass is 16.5. The third-order valence-electron chi connectivity index (χ3n) is 6.40. The summed E-state index contributed by atoms with van der Waals surface area (Å²) in [5, 5.41) is 4.90. The Balaban J connectivity index is 0.00000144. The lowest BCUT2D eigenvalue weighted by Crippen LogP contribution is -2.13. The van der Waals surface area contributed by atoms with E-state index < -0.39 is 0 Å². The number of fused-ring (bicyclic) bond motifs is 2. The van der Waals surface area contributed by atoms with Gasteiger partial charge in [0.1, 0.15) is 0 Å². The Labute approximate surface area is 222 Å². The van der Waals surface area contributed by atoms with E-state index in [1.165, 1.54) is 10.9 Å². The number of hydrogen-bond donors (Lipinski definition) is 1. The van der Waals surface area contributed by atoms with Gasteiger partial charge in [0.25, 0.3) is 0 Å². The number of rotatable bonds is 6. The van der Waals surface area contributed by atoms with Crippen LogP contribution < -0.4 is 10.1 Å². The lowest BCUT2D eigenvalue weighted by atomic mass is 9.99. The molecule has 0 amide bonds. The van der Waals surface area contributed by atoms with Crippen molar-refractivity contribution in [2.45, 2.75) is 19.9 Å². The van der Waals surface area contributed by atoms with Crippen molar-refractivity contribution in [2.75, 3.05) is 12.4 Å². The van der Waals surface area contributed by atoms with Crippen LogP contribution in [-0.4, -0.2) is 31.6 Å². The molecule has 1 unspecified atom stereocenters. The number of ether oxygens (including phenoxy) is 1. The Kier molecular flexibility index (Phi) is 7.26. The van der Waals surface area contributed by atoms with Crippen LogP contribution >= 0.6 is 0 Å². The molecule has 6 rings (SSSR count). The van der Waals surface area contributed by atoms with Gasteiger partial charge in [0, 0.05) is 67.1 Å². The van der Waals surface area contributed by atoms with E-state index in [0.29, 0.717) is 5.88 Å². The van der Waals surface area contributed by atoms with E-state index >= 15 is 0 Å². The SMILES string of the molecule is CC.COc1ccc(C(Nc2cc(-c3ccc4ccn(C)c4c3)c3nccnc3c2)c2cccnc2)cn1. The minimum absolute atomic E-state index is 0.172. The van der Waals surface area contributed by atoms with Crippen molar-refractivity contribution in [1.29, 1.82) is 0 Å². The lowest BCUT2D eigenvalue weighted by molar-refractivity contribution is 0.397. The van der Waals surface area contributed by atoms with Gasteiger partial charge in [-0.25, -0.2) is 4.98 Å². The van der Waals surface area contributed by atoms with Crippen molar-refractivity contribution < 1.29 is 4.74 Å². The monoisotopic (exact) mass is 502 g/mol. The molecule has 7 heteroatoms. The Hall–Kier alpha value is -4.78. The molecule has 38 heavy (non-hydrogen) atoms. The largest absolute Gasteiger partial charge is 0.481 e. The fraction of sp³-hybridized carbons (Fsp3) is 0.161. The highest BCUT2D eigenvalue weighted by Crippen LogP contribution is 2.34. The molecule has 0 radical (unpaired) electrons. The van der Waals surface area contributed by atoms with Gasteiger partial charge >= 0.3 is 0 Å². The molecule has 0 spiro atoms. The van der Waals surface area contributed by atoms with Gasteiger partial charge in [-0.05, 0) is 58.5 Å². The first-order valence-corrected chi connectivity index (χ1v) is 12.7. The van der Waals surface area contributed by atoms with Gasteiger partial charge in [0.05, 0.1) is 24.2 Å². The van der Waals surface area contributed by atoms with Crippen molar-refractivity contribution in [3.05, 3.63) is 109 Å². The van der Waals surface area contributed by atoms with Gasteiger partial charge in [-0.1, -0.05) is 32.0 Å². The normalized spacial score (nSPS) is 11.6. The summed E-state index contributed by atoms with van der Waals surface area (Å²) in [6.07, 6.45) is 11.0. The molecule has 0 saturated carbocycles.